The van der Waals surface area contributed by atoms with Gasteiger partial charge in [0.05, 0.1) is 13.2 Å². The molecule has 0 aliphatic heterocycles. The van der Waals surface area contributed by atoms with Crippen molar-refractivity contribution in [3.05, 3.63) is 42.5 Å². The van der Waals surface area contributed by atoms with Crippen LogP contribution in [0, 0.1) is 0 Å². The molecule has 0 unspecified atom stereocenters. The maximum Gasteiger partial charge on any atom is 0.338 e. The molecule has 0 spiro atoms. The van der Waals surface area contributed by atoms with Crippen LogP contribution >= 0.6 is 0 Å². The van der Waals surface area contributed by atoms with E-state index in [1.807, 2.05) is 38.1 Å². The molecule has 0 fully saturated rings. The van der Waals surface area contributed by atoms with Crippen molar-refractivity contribution in [2.75, 3.05) is 13.2 Å². The van der Waals surface area contributed by atoms with Crippen LogP contribution in [0.5, 0.6) is 17.2 Å². The molecule has 0 aliphatic carbocycles. The number of esters is 1. The lowest BCUT2D eigenvalue weighted by atomic mass is 10.1. The molecule has 116 valence electrons. The van der Waals surface area contributed by atoms with Crippen LogP contribution in [-0.4, -0.2) is 19.2 Å². The van der Waals surface area contributed by atoms with Crippen molar-refractivity contribution in [1.29, 1.82) is 0 Å². The van der Waals surface area contributed by atoms with E-state index in [2.05, 4.69) is 6.58 Å². The van der Waals surface area contributed by atoms with Gasteiger partial charge in [0.25, 0.3) is 0 Å². The molecule has 0 radical (unpaired) electrons. The van der Waals surface area contributed by atoms with Crippen LogP contribution in [0.3, 0.4) is 0 Å². The second-order valence-corrected chi connectivity index (χ2v) is 4.78. The maximum atomic E-state index is 11.9. The second kappa shape index (κ2) is 6.98. The first-order valence-corrected chi connectivity index (χ1v) is 7.27. The van der Waals surface area contributed by atoms with Crippen molar-refractivity contribution in [2.24, 2.45) is 0 Å². The van der Waals surface area contributed by atoms with Gasteiger partial charge >= 0.3 is 5.97 Å². The third-order valence-corrected chi connectivity index (χ3v) is 3.06. The second-order valence-electron chi connectivity index (χ2n) is 4.78. The van der Waals surface area contributed by atoms with E-state index in [0.717, 1.165) is 10.8 Å². The lowest BCUT2D eigenvalue weighted by Gasteiger charge is -2.16. The van der Waals surface area contributed by atoms with E-state index < -0.39 is 5.97 Å². The van der Waals surface area contributed by atoms with Gasteiger partial charge in [0.1, 0.15) is 5.75 Å². The van der Waals surface area contributed by atoms with Crippen molar-refractivity contribution in [3.8, 4) is 17.2 Å². The minimum absolute atomic E-state index is 0.327. The van der Waals surface area contributed by atoms with Gasteiger partial charge in [-0.15, -0.1) is 0 Å². The Balaban J connectivity index is 2.63. The molecule has 0 saturated carbocycles. The van der Waals surface area contributed by atoms with Gasteiger partial charge in [0, 0.05) is 22.4 Å². The zero-order valence-electron chi connectivity index (χ0n) is 13.1. The molecule has 0 heterocycles. The average Bonchev–Trinajstić information content (AvgIpc) is 2.51. The zero-order chi connectivity index (χ0) is 16.1. The molecule has 2 rings (SSSR count). The Morgan fingerprint density at radius 3 is 2.27 bits per heavy atom. The third-order valence-electron chi connectivity index (χ3n) is 3.06. The minimum Gasteiger partial charge on any atom is -0.493 e. The van der Waals surface area contributed by atoms with E-state index >= 15 is 0 Å². The van der Waals surface area contributed by atoms with Crippen molar-refractivity contribution in [2.45, 2.75) is 20.8 Å². The summed E-state index contributed by atoms with van der Waals surface area (Å²) in [7, 11) is 0. The Bertz CT molecular complexity index is 704. The smallest absolute Gasteiger partial charge is 0.338 e. The van der Waals surface area contributed by atoms with Crippen LogP contribution in [0.1, 0.15) is 20.8 Å². The monoisotopic (exact) mass is 300 g/mol. The van der Waals surface area contributed by atoms with Gasteiger partial charge < -0.3 is 14.2 Å². The molecule has 22 heavy (non-hydrogen) atoms. The summed E-state index contributed by atoms with van der Waals surface area (Å²) in [5.74, 6) is 1.05. The van der Waals surface area contributed by atoms with E-state index in [1.165, 1.54) is 0 Å². The molecule has 4 heteroatoms. The highest BCUT2D eigenvalue weighted by atomic mass is 16.6. The van der Waals surface area contributed by atoms with Gasteiger partial charge in [0.15, 0.2) is 11.5 Å². The number of hydrogen-bond donors (Lipinski definition) is 0. The predicted octanol–water partition coefficient (Wildman–Crippen LogP) is 4.12. The summed E-state index contributed by atoms with van der Waals surface area (Å²) in [6, 6.07) is 9.40. The molecule has 0 aromatic heterocycles. The normalized spacial score (nSPS) is 10.3. The number of fused-ring (bicyclic) bond motifs is 1. The molecule has 0 N–H and O–H groups in total. The van der Waals surface area contributed by atoms with E-state index in [4.69, 9.17) is 14.2 Å². The van der Waals surface area contributed by atoms with Crippen LogP contribution in [0.2, 0.25) is 0 Å². The van der Waals surface area contributed by atoms with Crippen LogP contribution in [-0.2, 0) is 4.79 Å². The summed E-state index contributed by atoms with van der Waals surface area (Å²) in [4.78, 5) is 11.9. The Morgan fingerprint density at radius 2 is 1.68 bits per heavy atom. The molecular formula is C18H20O4. The summed E-state index contributed by atoms with van der Waals surface area (Å²) in [6.45, 7) is 9.99. The van der Waals surface area contributed by atoms with E-state index in [9.17, 15) is 4.79 Å². The Kier molecular flexibility index (Phi) is 5.04. The fraction of sp³-hybridized carbons (Fsp3) is 0.278. The van der Waals surface area contributed by atoms with Gasteiger partial charge in [-0.1, -0.05) is 30.8 Å². The minimum atomic E-state index is -0.487. The lowest BCUT2D eigenvalue weighted by Crippen LogP contribution is -2.10. The van der Waals surface area contributed by atoms with Crippen molar-refractivity contribution in [3.63, 3.8) is 0 Å². The fourth-order valence-electron chi connectivity index (χ4n) is 2.12. The standard InChI is InChI=1S/C18H20O4/c1-5-20-15-11-16(22-18(19)12(3)4)17(21-6-2)14-10-8-7-9-13(14)15/h7-11H,3,5-6H2,1-2,4H3. The summed E-state index contributed by atoms with van der Waals surface area (Å²) < 4.78 is 16.8. The quantitative estimate of drug-likeness (QED) is 0.457. The molecule has 2 aromatic carbocycles. The number of benzene rings is 2. The molecule has 0 bridgehead atoms. The van der Waals surface area contributed by atoms with E-state index in [1.54, 1.807) is 13.0 Å². The van der Waals surface area contributed by atoms with Gasteiger partial charge in [-0.25, -0.2) is 4.79 Å². The fourth-order valence-corrected chi connectivity index (χ4v) is 2.12. The van der Waals surface area contributed by atoms with Gasteiger partial charge in [-0.05, 0) is 20.8 Å². The Labute approximate surface area is 130 Å². The first-order valence-electron chi connectivity index (χ1n) is 7.27. The number of carbonyl (C=O) groups excluding carboxylic acids is 1. The highest BCUT2D eigenvalue weighted by Gasteiger charge is 2.18. The van der Waals surface area contributed by atoms with Crippen molar-refractivity contribution < 1.29 is 19.0 Å². The average molecular weight is 300 g/mol. The number of carbonyl (C=O) groups is 1. The van der Waals surface area contributed by atoms with Crippen LogP contribution in [0.4, 0.5) is 0 Å². The van der Waals surface area contributed by atoms with Crippen LogP contribution in [0.25, 0.3) is 10.8 Å². The highest BCUT2D eigenvalue weighted by molar-refractivity contribution is 5.97. The molecule has 0 aliphatic rings. The molecule has 2 aromatic rings. The van der Waals surface area contributed by atoms with Crippen molar-refractivity contribution >= 4 is 16.7 Å². The predicted molar refractivity (Wildman–Crippen MR) is 86.7 cm³/mol. The number of rotatable bonds is 6. The largest absolute Gasteiger partial charge is 0.493 e. The number of ether oxygens (including phenoxy) is 3. The van der Waals surface area contributed by atoms with Gasteiger partial charge in [-0.2, -0.15) is 0 Å². The molecular weight excluding hydrogens is 280 g/mol. The summed E-state index contributed by atoms with van der Waals surface area (Å²) >= 11 is 0. The van der Waals surface area contributed by atoms with E-state index in [-0.39, 0.29) is 0 Å². The first-order chi connectivity index (χ1) is 10.6. The Hall–Kier alpha value is -2.49. The molecule has 4 nitrogen and oxygen atoms in total. The zero-order valence-corrected chi connectivity index (χ0v) is 13.1. The third kappa shape index (κ3) is 3.22. The molecule has 0 saturated heterocycles. The molecule has 0 atom stereocenters. The lowest BCUT2D eigenvalue weighted by molar-refractivity contribution is -0.130. The summed E-state index contributed by atoms with van der Waals surface area (Å²) in [5.41, 5.74) is 0.327. The summed E-state index contributed by atoms with van der Waals surface area (Å²) in [6.07, 6.45) is 0. The topological polar surface area (TPSA) is 44.8 Å². The highest BCUT2D eigenvalue weighted by Crippen LogP contribution is 2.41. The van der Waals surface area contributed by atoms with Gasteiger partial charge in [-0.3, -0.25) is 0 Å². The van der Waals surface area contributed by atoms with E-state index in [0.29, 0.717) is 36.0 Å². The maximum absolute atomic E-state index is 11.9. The van der Waals surface area contributed by atoms with Crippen LogP contribution < -0.4 is 14.2 Å². The summed E-state index contributed by atoms with van der Waals surface area (Å²) in [5, 5.41) is 1.77. The van der Waals surface area contributed by atoms with Crippen LogP contribution in [0.15, 0.2) is 42.5 Å². The SMILES string of the molecule is C=C(C)C(=O)Oc1cc(OCC)c2ccccc2c1OCC. The van der Waals surface area contributed by atoms with Gasteiger partial charge in [0.2, 0.25) is 0 Å². The molecule has 0 amide bonds. The first kappa shape index (κ1) is 15.9. The Morgan fingerprint density at radius 1 is 1.05 bits per heavy atom. The number of hydrogen-bond acceptors (Lipinski definition) is 4. The van der Waals surface area contributed by atoms with Crippen molar-refractivity contribution in [1.82, 2.24) is 0 Å².